The molecule has 138 valence electrons. The van der Waals surface area contributed by atoms with Crippen LogP contribution in [0.15, 0.2) is 52.0 Å². The quantitative estimate of drug-likeness (QED) is 0.564. The van der Waals surface area contributed by atoms with Gasteiger partial charge in [-0.3, -0.25) is 0 Å². The molecule has 1 aromatic heterocycles. The molecule has 0 radical (unpaired) electrons. The predicted molar refractivity (Wildman–Crippen MR) is 112 cm³/mol. The maximum absolute atomic E-state index is 13.3. The van der Waals surface area contributed by atoms with Gasteiger partial charge in [0.05, 0.1) is 4.90 Å². The van der Waals surface area contributed by atoms with Gasteiger partial charge in [0.25, 0.3) is 10.0 Å². The molecule has 1 heterocycles. The van der Waals surface area contributed by atoms with E-state index in [1.807, 2.05) is 12.1 Å². The molecular formula is C19H28BrNO2SSi. The molecule has 0 bridgehead atoms. The second-order valence-electron chi connectivity index (χ2n) is 7.55. The summed E-state index contributed by atoms with van der Waals surface area (Å²) >= 11 is 3.52. The van der Waals surface area contributed by atoms with Crippen molar-refractivity contribution in [3.63, 3.8) is 0 Å². The van der Waals surface area contributed by atoms with Crippen LogP contribution in [0.1, 0.15) is 41.5 Å². The van der Waals surface area contributed by atoms with Crippen LogP contribution in [0.25, 0.3) is 0 Å². The molecule has 0 amide bonds. The molecule has 25 heavy (non-hydrogen) atoms. The molecule has 6 heteroatoms. The Labute approximate surface area is 161 Å². The summed E-state index contributed by atoms with van der Waals surface area (Å²) in [6.07, 6.45) is 1.71. The average Bonchev–Trinajstić information content (AvgIpc) is 2.90. The molecule has 0 aliphatic heterocycles. The summed E-state index contributed by atoms with van der Waals surface area (Å²) < 4.78 is 29.1. The fourth-order valence-corrected chi connectivity index (χ4v) is 14.0. The Balaban J connectivity index is 2.82. The van der Waals surface area contributed by atoms with E-state index in [1.165, 1.54) is 0 Å². The van der Waals surface area contributed by atoms with E-state index in [0.29, 0.717) is 21.5 Å². The molecule has 1 aromatic carbocycles. The highest BCUT2D eigenvalue weighted by molar-refractivity contribution is 9.10. The molecular weight excluding hydrogens is 414 g/mol. The third kappa shape index (κ3) is 3.40. The molecule has 0 spiro atoms. The van der Waals surface area contributed by atoms with Crippen LogP contribution in [0.4, 0.5) is 0 Å². The van der Waals surface area contributed by atoms with Crippen molar-refractivity contribution in [1.82, 2.24) is 3.97 Å². The standard InChI is InChI=1S/C19H28BrNO2SSi/c1-14(2)25(15(3)4,16(5)6)19-12-17(20)13-21(19)24(22,23)18-10-8-7-9-11-18/h7-16H,1-6H3. The van der Waals surface area contributed by atoms with Gasteiger partial charge in [-0.15, -0.1) is 0 Å². The fraction of sp³-hybridized carbons (Fsp3) is 0.474. The van der Waals surface area contributed by atoms with Gasteiger partial charge in [-0.2, -0.15) is 0 Å². The van der Waals surface area contributed by atoms with Crippen molar-refractivity contribution in [2.24, 2.45) is 0 Å². The Morgan fingerprint density at radius 2 is 1.40 bits per heavy atom. The zero-order valence-electron chi connectivity index (χ0n) is 15.8. The number of benzene rings is 1. The highest BCUT2D eigenvalue weighted by atomic mass is 79.9. The minimum absolute atomic E-state index is 0.332. The molecule has 0 unspecified atom stereocenters. The predicted octanol–water partition coefficient (Wildman–Crippen LogP) is 5.37. The Morgan fingerprint density at radius 3 is 1.84 bits per heavy atom. The van der Waals surface area contributed by atoms with Crippen molar-refractivity contribution in [2.75, 3.05) is 0 Å². The summed E-state index contributed by atoms with van der Waals surface area (Å²) in [4.78, 5) is 0.332. The third-order valence-corrected chi connectivity index (χ3v) is 14.7. The van der Waals surface area contributed by atoms with E-state index in [2.05, 4.69) is 57.5 Å². The SMILES string of the molecule is CC(C)[Si](c1cc(Br)cn1S(=O)(=O)c1ccccc1)(C(C)C)C(C)C. The summed E-state index contributed by atoms with van der Waals surface area (Å²) in [7, 11) is -5.73. The van der Waals surface area contributed by atoms with E-state index in [-0.39, 0.29) is 0 Å². The van der Waals surface area contributed by atoms with Crippen LogP contribution >= 0.6 is 15.9 Å². The lowest BCUT2D eigenvalue weighted by Gasteiger charge is -2.43. The average molecular weight is 442 g/mol. The van der Waals surface area contributed by atoms with E-state index in [4.69, 9.17) is 0 Å². The van der Waals surface area contributed by atoms with Crippen LogP contribution < -0.4 is 5.32 Å². The van der Waals surface area contributed by atoms with Gasteiger partial charge in [-0.05, 0) is 50.8 Å². The minimum atomic E-state index is -3.61. The van der Waals surface area contributed by atoms with Gasteiger partial charge < -0.3 is 0 Å². The Kier molecular flexibility index (Phi) is 6.06. The van der Waals surface area contributed by atoms with Gasteiger partial charge in [0, 0.05) is 16.0 Å². The maximum atomic E-state index is 13.3. The normalized spacial score (nSPS) is 13.2. The topological polar surface area (TPSA) is 39.1 Å². The molecule has 0 atom stereocenters. The lowest BCUT2D eigenvalue weighted by Crippen LogP contribution is -2.58. The first-order chi connectivity index (χ1) is 11.6. The molecule has 0 aliphatic carbocycles. The molecule has 0 N–H and O–H groups in total. The third-order valence-electron chi connectivity index (χ3n) is 5.36. The summed E-state index contributed by atoms with van der Waals surface area (Å²) in [6.45, 7) is 13.5. The lowest BCUT2D eigenvalue weighted by atomic mass is 10.4. The molecule has 3 nitrogen and oxygen atoms in total. The zero-order chi connectivity index (χ0) is 19.0. The van der Waals surface area contributed by atoms with Crippen molar-refractivity contribution in [2.45, 2.75) is 63.1 Å². The highest BCUT2D eigenvalue weighted by Crippen LogP contribution is 2.42. The first kappa shape index (κ1) is 20.5. The van der Waals surface area contributed by atoms with Crippen LogP contribution in [0.3, 0.4) is 0 Å². The fourth-order valence-electron chi connectivity index (χ4n) is 4.52. The van der Waals surface area contributed by atoms with Crippen LogP contribution in [-0.2, 0) is 10.0 Å². The van der Waals surface area contributed by atoms with Crippen molar-refractivity contribution >= 4 is 39.3 Å². The smallest absolute Gasteiger partial charge is 0.249 e. The monoisotopic (exact) mass is 441 g/mol. The van der Waals surface area contributed by atoms with Crippen LogP contribution in [0, 0.1) is 0 Å². The van der Waals surface area contributed by atoms with Crippen molar-refractivity contribution in [3.05, 3.63) is 47.1 Å². The van der Waals surface area contributed by atoms with Crippen molar-refractivity contribution in [3.8, 4) is 0 Å². The second-order valence-corrected chi connectivity index (χ2v) is 16.1. The van der Waals surface area contributed by atoms with Gasteiger partial charge in [-0.1, -0.05) is 59.7 Å². The van der Waals surface area contributed by atoms with E-state index < -0.39 is 18.1 Å². The minimum Gasteiger partial charge on any atom is -0.249 e. The number of nitrogens with zero attached hydrogens (tertiary/aromatic N) is 1. The zero-order valence-corrected chi connectivity index (χ0v) is 19.2. The maximum Gasteiger partial charge on any atom is 0.267 e. The van der Waals surface area contributed by atoms with Gasteiger partial charge in [0.15, 0.2) is 0 Å². The Bertz CT molecular complexity index is 805. The summed E-state index contributed by atoms with van der Waals surface area (Å²) in [5, 5.41) is 0.989. The number of hydrogen-bond acceptors (Lipinski definition) is 2. The Morgan fingerprint density at radius 1 is 0.920 bits per heavy atom. The van der Waals surface area contributed by atoms with Gasteiger partial charge >= 0.3 is 0 Å². The summed E-state index contributed by atoms with van der Waals surface area (Å²) in [5.74, 6) is 0. The molecule has 0 saturated carbocycles. The molecule has 0 aliphatic rings. The largest absolute Gasteiger partial charge is 0.267 e. The summed E-state index contributed by atoms with van der Waals surface area (Å²) in [6, 6.07) is 10.7. The number of halogens is 1. The molecule has 0 fully saturated rings. The highest BCUT2D eigenvalue weighted by Gasteiger charge is 2.47. The van der Waals surface area contributed by atoms with E-state index >= 15 is 0 Å². The number of rotatable bonds is 6. The molecule has 2 rings (SSSR count). The summed E-state index contributed by atoms with van der Waals surface area (Å²) in [5.41, 5.74) is 1.29. The van der Waals surface area contributed by atoms with Crippen molar-refractivity contribution < 1.29 is 8.42 Å². The first-order valence-corrected chi connectivity index (χ1v) is 13.2. The Hall–Kier alpha value is -0.853. The van der Waals surface area contributed by atoms with Crippen LogP contribution in [0.2, 0.25) is 16.6 Å². The first-order valence-electron chi connectivity index (χ1n) is 8.75. The molecule has 2 aromatic rings. The number of hydrogen-bond donors (Lipinski definition) is 0. The van der Waals surface area contributed by atoms with E-state index in [9.17, 15) is 8.42 Å². The van der Waals surface area contributed by atoms with Crippen molar-refractivity contribution in [1.29, 1.82) is 0 Å². The van der Waals surface area contributed by atoms with E-state index in [0.717, 1.165) is 9.79 Å². The van der Waals surface area contributed by atoms with Gasteiger partial charge in [-0.25, -0.2) is 12.4 Å². The number of aromatic nitrogens is 1. The van der Waals surface area contributed by atoms with E-state index in [1.54, 1.807) is 34.4 Å². The molecule has 0 saturated heterocycles. The van der Waals surface area contributed by atoms with Crippen LogP contribution in [-0.4, -0.2) is 20.5 Å². The second kappa shape index (κ2) is 7.41. The lowest BCUT2D eigenvalue weighted by molar-refractivity contribution is 0.588. The van der Waals surface area contributed by atoms with Crippen LogP contribution in [0.5, 0.6) is 0 Å². The van der Waals surface area contributed by atoms with Gasteiger partial charge in [0.2, 0.25) is 0 Å². The van der Waals surface area contributed by atoms with Gasteiger partial charge in [0.1, 0.15) is 8.07 Å².